The third-order valence-corrected chi connectivity index (χ3v) is 2.38. The minimum absolute atomic E-state index is 0.0914. The number of nitro groups is 1. The fourth-order valence-electron chi connectivity index (χ4n) is 1.32. The van der Waals surface area contributed by atoms with Crippen LogP contribution < -0.4 is 0 Å². The quantitative estimate of drug-likeness (QED) is 0.464. The van der Waals surface area contributed by atoms with Crippen molar-refractivity contribution in [2.24, 2.45) is 5.41 Å². The van der Waals surface area contributed by atoms with Crippen LogP contribution in [0.25, 0.3) is 0 Å². The van der Waals surface area contributed by atoms with Gasteiger partial charge >= 0.3 is 11.8 Å². The van der Waals surface area contributed by atoms with E-state index in [9.17, 15) is 14.9 Å². The fourth-order valence-corrected chi connectivity index (χ4v) is 1.32. The summed E-state index contributed by atoms with van der Waals surface area (Å²) >= 11 is 0. The normalized spacial score (nSPS) is 11.3. The van der Waals surface area contributed by atoms with Crippen molar-refractivity contribution < 1.29 is 14.5 Å². The zero-order chi connectivity index (χ0) is 13.9. The molecule has 0 aliphatic heterocycles. The molecule has 0 saturated carbocycles. The molecule has 100 valence electrons. The van der Waals surface area contributed by atoms with Gasteiger partial charge in [-0.15, -0.1) is 0 Å². The smallest absolute Gasteiger partial charge is 0.342 e. The van der Waals surface area contributed by atoms with Crippen LogP contribution >= 0.6 is 0 Å². The standard InChI is InChI=1S/C11H17N3O4/c1-8-12-7-9(14(16)17)13(8)5-6-18-10(15)11(2,3)4/h7H,5-6H2,1-4H3. The molecule has 0 aromatic carbocycles. The number of esters is 1. The Morgan fingerprint density at radius 1 is 1.56 bits per heavy atom. The van der Waals surface area contributed by atoms with Crippen LogP contribution in [0.15, 0.2) is 6.20 Å². The predicted molar refractivity (Wildman–Crippen MR) is 64.0 cm³/mol. The molecule has 0 N–H and O–H groups in total. The van der Waals surface area contributed by atoms with Crippen molar-refractivity contribution in [2.75, 3.05) is 6.61 Å². The predicted octanol–water partition coefficient (Wildman–Crippen LogP) is 1.69. The molecule has 0 fully saturated rings. The van der Waals surface area contributed by atoms with Gasteiger partial charge in [0, 0.05) is 6.92 Å². The molecule has 0 atom stereocenters. The summed E-state index contributed by atoms with van der Waals surface area (Å²) in [4.78, 5) is 25.6. The van der Waals surface area contributed by atoms with Crippen molar-refractivity contribution >= 4 is 11.8 Å². The highest BCUT2D eigenvalue weighted by molar-refractivity contribution is 5.75. The summed E-state index contributed by atoms with van der Waals surface area (Å²) in [6, 6.07) is 0. The second-order valence-electron chi connectivity index (χ2n) is 4.96. The average molecular weight is 255 g/mol. The Balaban J connectivity index is 2.62. The summed E-state index contributed by atoms with van der Waals surface area (Å²) in [5, 5.41) is 10.7. The van der Waals surface area contributed by atoms with Gasteiger partial charge in [-0.25, -0.2) is 9.55 Å². The van der Waals surface area contributed by atoms with Crippen LogP contribution in [0, 0.1) is 22.5 Å². The molecule has 0 bridgehead atoms. The van der Waals surface area contributed by atoms with Gasteiger partial charge in [-0.1, -0.05) is 0 Å². The van der Waals surface area contributed by atoms with Gasteiger partial charge in [0.2, 0.25) is 0 Å². The highest BCUT2D eigenvalue weighted by Crippen LogP contribution is 2.16. The molecule has 7 heteroatoms. The maximum absolute atomic E-state index is 11.5. The molecule has 7 nitrogen and oxygen atoms in total. The summed E-state index contributed by atoms with van der Waals surface area (Å²) in [6.45, 7) is 7.23. The van der Waals surface area contributed by atoms with Crippen LogP contribution in [0.3, 0.4) is 0 Å². The number of carbonyl (C=O) groups is 1. The van der Waals surface area contributed by atoms with Crippen molar-refractivity contribution in [3.05, 3.63) is 22.1 Å². The van der Waals surface area contributed by atoms with Gasteiger partial charge in [-0.3, -0.25) is 4.79 Å². The molecule has 0 amide bonds. The zero-order valence-electron chi connectivity index (χ0n) is 11.0. The Labute approximate surface area is 105 Å². The number of aromatic nitrogens is 2. The maximum Gasteiger partial charge on any atom is 0.342 e. The first-order valence-electron chi connectivity index (χ1n) is 5.57. The lowest BCUT2D eigenvalue weighted by atomic mass is 9.97. The second-order valence-corrected chi connectivity index (χ2v) is 4.96. The molecular weight excluding hydrogens is 238 g/mol. The number of aryl methyl sites for hydroxylation is 1. The number of rotatable bonds is 4. The van der Waals surface area contributed by atoms with Crippen molar-refractivity contribution in [1.82, 2.24) is 9.55 Å². The van der Waals surface area contributed by atoms with E-state index >= 15 is 0 Å². The maximum atomic E-state index is 11.5. The van der Waals surface area contributed by atoms with Crippen LogP contribution in [0.2, 0.25) is 0 Å². The first-order chi connectivity index (χ1) is 8.23. The number of hydrogen-bond acceptors (Lipinski definition) is 5. The van der Waals surface area contributed by atoms with Gasteiger partial charge in [-0.05, 0) is 25.7 Å². The summed E-state index contributed by atoms with van der Waals surface area (Å²) in [7, 11) is 0. The first-order valence-corrected chi connectivity index (χ1v) is 5.57. The van der Waals surface area contributed by atoms with Crippen LogP contribution in [0.5, 0.6) is 0 Å². The van der Waals surface area contributed by atoms with Gasteiger partial charge in [0.1, 0.15) is 19.3 Å². The average Bonchev–Trinajstić information content (AvgIpc) is 2.59. The molecule has 18 heavy (non-hydrogen) atoms. The minimum Gasteiger partial charge on any atom is -0.461 e. The third kappa shape index (κ3) is 3.28. The van der Waals surface area contributed by atoms with E-state index in [-0.39, 0.29) is 24.9 Å². The van der Waals surface area contributed by atoms with Crippen LogP contribution in [0.1, 0.15) is 26.6 Å². The second kappa shape index (κ2) is 5.16. The van der Waals surface area contributed by atoms with Crippen LogP contribution in [0.4, 0.5) is 5.82 Å². The number of hydrogen-bond donors (Lipinski definition) is 0. The highest BCUT2D eigenvalue weighted by Gasteiger charge is 2.24. The number of carbonyl (C=O) groups excluding carboxylic acids is 1. The Kier molecular flexibility index (Phi) is 4.05. The summed E-state index contributed by atoms with van der Waals surface area (Å²) in [6.07, 6.45) is 1.20. The largest absolute Gasteiger partial charge is 0.461 e. The molecule has 1 aromatic heterocycles. The Morgan fingerprint density at radius 3 is 2.67 bits per heavy atom. The van der Waals surface area contributed by atoms with Gasteiger partial charge in [0.05, 0.1) is 5.41 Å². The summed E-state index contributed by atoms with van der Waals surface area (Å²) < 4.78 is 6.47. The van der Waals surface area contributed by atoms with Crippen LogP contribution in [-0.4, -0.2) is 27.1 Å². The van der Waals surface area contributed by atoms with Crippen molar-refractivity contribution in [3.63, 3.8) is 0 Å². The lowest BCUT2D eigenvalue weighted by molar-refractivity contribution is -0.392. The van der Waals surface area contributed by atoms with E-state index in [1.807, 2.05) is 0 Å². The van der Waals surface area contributed by atoms with Gasteiger partial charge in [0.15, 0.2) is 5.82 Å². The molecule has 1 rings (SSSR count). The van der Waals surface area contributed by atoms with E-state index in [0.29, 0.717) is 5.82 Å². The van der Waals surface area contributed by atoms with Gasteiger partial charge in [0.25, 0.3) is 0 Å². The summed E-state index contributed by atoms with van der Waals surface area (Å²) in [5.74, 6) is 0.0933. The number of ether oxygens (including phenoxy) is 1. The van der Waals surface area contributed by atoms with Gasteiger partial charge in [-0.2, -0.15) is 0 Å². The fraction of sp³-hybridized carbons (Fsp3) is 0.636. The van der Waals surface area contributed by atoms with E-state index in [4.69, 9.17) is 4.74 Å². The monoisotopic (exact) mass is 255 g/mol. The van der Waals surface area contributed by atoms with E-state index in [2.05, 4.69) is 4.98 Å². The first kappa shape index (κ1) is 14.1. The minimum atomic E-state index is -0.573. The number of nitrogens with zero attached hydrogens (tertiary/aromatic N) is 3. The number of imidazole rings is 1. The molecule has 1 aromatic rings. The molecule has 0 saturated heterocycles. The molecular formula is C11H17N3O4. The Hall–Kier alpha value is -1.92. The summed E-state index contributed by atoms with van der Waals surface area (Å²) in [5.41, 5.74) is -0.573. The van der Waals surface area contributed by atoms with E-state index in [0.717, 1.165) is 0 Å². The lowest BCUT2D eigenvalue weighted by Crippen LogP contribution is -2.24. The molecule has 0 unspecified atom stereocenters. The molecule has 0 spiro atoms. The molecule has 0 aliphatic rings. The molecule has 1 heterocycles. The topological polar surface area (TPSA) is 87.3 Å². The van der Waals surface area contributed by atoms with Crippen molar-refractivity contribution in [2.45, 2.75) is 34.2 Å². The highest BCUT2D eigenvalue weighted by atomic mass is 16.6. The third-order valence-electron chi connectivity index (χ3n) is 2.38. The van der Waals surface area contributed by atoms with E-state index in [1.54, 1.807) is 27.7 Å². The zero-order valence-corrected chi connectivity index (χ0v) is 11.0. The van der Waals surface area contributed by atoms with Crippen molar-refractivity contribution in [1.29, 1.82) is 0 Å². The Morgan fingerprint density at radius 2 is 2.17 bits per heavy atom. The van der Waals surface area contributed by atoms with E-state index < -0.39 is 10.3 Å². The Bertz CT molecular complexity index is 459. The van der Waals surface area contributed by atoms with Gasteiger partial charge < -0.3 is 14.9 Å². The molecule has 0 radical (unpaired) electrons. The van der Waals surface area contributed by atoms with Crippen LogP contribution in [-0.2, 0) is 16.1 Å². The molecule has 0 aliphatic carbocycles. The lowest BCUT2D eigenvalue weighted by Gasteiger charge is -2.16. The van der Waals surface area contributed by atoms with E-state index in [1.165, 1.54) is 10.8 Å². The SMILES string of the molecule is Cc1ncc([N+](=O)[O-])n1CCOC(=O)C(C)(C)C. The van der Waals surface area contributed by atoms with Crippen molar-refractivity contribution in [3.8, 4) is 0 Å².